The zero-order valence-electron chi connectivity index (χ0n) is 25.3. The van der Waals surface area contributed by atoms with E-state index in [0.29, 0.717) is 51.6 Å². The number of aromatic amines is 2. The van der Waals surface area contributed by atoms with Crippen LogP contribution in [-0.2, 0) is 0 Å². The van der Waals surface area contributed by atoms with Crippen molar-refractivity contribution >= 4 is 22.1 Å². The van der Waals surface area contributed by atoms with Crippen LogP contribution < -0.4 is 14.8 Å². The van der Waals surface area contributed by atoms with Gasteiger partial charge in [0.15, 0.2) is 11.5 Å². The Labute approximate surface area is 264 Å². The maximum atomic E-state index is 14.8. The van der Waals surface area contributed by atoms with E-state index < -0.39 is 0 Å². The van der Waals surface area contributed by atoms with Gasteiger partial charge < -0.3 is 19.8 Å². The van der Waals surface area contributed by atoms with E-state index in [1.807, 2.05) is 24.3 Å². The summed E-state index contributed by atoms with van der Waals surface area (Å²) in [4.78, 5) is 24.4. The van der Waals surface area contributed by atoms with Gasteiger partial charge in [0, 0.05) is 36.1 Å². The quantitative estimate of drug-likeness (QED) is 0.196. The van der Waals surface area contributed by atoms with Gasteiger partial charge in [-0.1, -0.05) is 0 Å². The molecule has 7 heterocycles. The summed E-state index contributed by atoms with van der Waals surface area (Å²) < 4.78 is 27.0. The summed E-state index contributed by atoms with van der Waals surface area (Å²) in [6, 6.07) is 10.6. The molecule has 12 heteroatoms. The van der Waals surface area contributed by atoms with Crippen LogP contribution in [0.25, 0.3) is 56.0 Å². The van der Waals surface area contributed by atoms with Gasteiger partial charge in [0.25, 0.3) is 0 Å². The van der Waals surface area contributed by atoms with Crippen molar-refractivity contribution in [3.63, 3.8) is 0 Å². The molecule has 6 aromatic rings. The smallest absolute Gasteiger partial charge is 0.161 e. The number of likely N-dealkylation sites (tertiary alicyclic amines) is 1. The number of ether oxygens (including phenoxy) is 2. The highest BCUT2D eigenvalue weighted by molar-refractivity contribution is 5.96. The van der Waals surface area contributed by atoms with Crippen molar-refractivity contribution in [2.24, 2.45) is 0 Å². The fourth-order valence-corrected chi connectivity index (χ4v) is 6.31. The summed E-state index contributed by atoms with van der Waals surface area (Å²) in [5.74, 6) is 1.36. The third-order valence-corrected chi connectivity index (χ3v) is 8.68. The van der Waals surface area contributed by atoms with Crippen LogP contribution in [0.4, 0.5) is 4.39 Å². The minimum Gasteiger partial charge on any atom is -0.492 e. The van der Waals surface area contributed by atoms with Gasteiger partial charge >= 0.3 is 0 Å². The lowest BCUT2D eigenvalue weighted by molar-refractivity contribution is 0.162. The second-order valence-corrected chi connectivity index (χ2v) is 11.9. The number of nitrogens with one attached hydrogen (secondary N) is 3. The highest BCUT2D eigenvalue weighted by atomic mass is 19.1. The first kappa shape index (κ1) is 28.5. The first-order valence-electron chi connectivity index (χ1n) is 15.8. The van der Waals surface area contributed by atoms with Gasteiger partial charge in [0.2, 0.25) is 0 Å². The van der Waals surface area contributed by atoms with Crippen molar-refractivity contribution in [3.8, 4) is 45.4 Å². The van der Waals surface area contributed by atoms with Crippen LogP contribution in [0.15, 0.2) is 61.2 Å². The molecule has 8 rings (SSSR count). The second kappa shape index (κ2) is 12.5. The number of aromatic nitrogens is 7. The molecule has 0 aliphatic carbocycles. The Morgan fingerprint density at radius 1 is 0.848 bits per heavy atom. The predicted molar refractivity (Wildman–Crippen MR) is 173 cm³/mol. The fourth-order valence-electron chi connectivity index (χ4n) is 6.31. The monoisotopic (exact) mass is 619 g/mol. The molecule has 2 saturated heterocycles. The molecule has 2 aliphatic rings. The van der Waals surface area contributed by atoms with Crippen LogP contribution in [0, 0.1) is 5.82 Å². The average molecular weight is 620 g/mol. The van der Waals surface area contributed by atoms with E-state index >= 15 is 0 Å². The van der Waals surface area contributed by atoms with E-state index in [2.05, 4.69) is 35.4 Å². The zero-order chi connectivity index (χ0) is 30.9. The van der Waals surface area contributed by atoms with Gasteiger partial charge in [-0.2, -0.15) is 5.10 Å². The standard InChI is InChI=1S/C34H34FN9O2/c35-23-13-21(14-25(16-23)45-12-11-44-9-1-2-10-44)27-19-38-20-30-31(27)41-34(40-30)33-32-29(42-43-33)4-3-28(39-32)22-15-26(18-37-17-22)46-24-5-7-36-8-6-24/h3-4,13-20,24,36H,1-2,5-12H2,(H,40,41)(H,42,43). The van der Waals surface area contributed by atoms with Crippen molar-refractivity contribution < 1.29 is 13.9 Å². The van der Waals surface area contributed by atoms with Crippen molar-refractivity contribution in [1.82, 2.24) is 45.3 Å². The zero-order valence-corrected chi connectivity index (χ0v) is 25.3. The molecule has 0 saturated carbocycles. The summed E-state index contributed by atoms with van der Waals surface area (Å²) in [5, 5.41) is 11.0. The van der Waals surface area contributed by atoms with Crippen molar-refractivity contribution in [2.75, 3.05) is 39.3 Å². The molecular weight excluding hydrogens is 585 g/mol. The maximum Gasteiger partial charge on any atom is 0.161 e. The molecule has 0 atom stereocenters. The number of hydrogen-bond acceptors (Lipinski definition) is 9. The van der Waals surface area contributed by atoms with Gasteiger partial charge in [-0.05, 0) is 87.8 Å². The van der Waals surface area contributed by atoms with Crippen LogP contribution in [0.5, 0.6) is 11.5 Å². The molecule has 11 nitrogen and oxygen atoms in total. The number of imidazole rings is 1. The number of benzene rings is 1. The minimum absolute atomic E-state index is 0.174. The minimum atomic E-state index is -0.379. The van der Waals surface area contributed by atoms with Gasteiger partial charge in [0.05, 0.1) is 34.6 Å². The summed E-state index contributed by atoms with van der Waals surface area (Å²) >= 11 is 0. The normalized spacial score (nSPS) is 16.0. The topological polar surface area (TPSA) is 130 Å². The Morgan fingerprint density at radius 2 is 1.70 bits per heavy atom. The Bertz CT molecular complexity index is 2000. The Balaban J connectivity index is 1.08. The third kappa shape index (κ3) is 5.88. The number of halogens is 1. The number of hydrogen-bond donors (Lipinski definition) is 3. The SMILES string of the molecule is Fc1cc(OCCN2CCCC2)cc(-c2cncc3[nH]c(-c4n[nH]c5ccc(-c6cncc(OC7CCNCC7)c6)nc45)nc23)c1. The van der Waals surface area contributed by atoms with Crippen LogP contribution in [-0.4, -0.2) is 85.5 Å². The van der Waals surface area contributed by atoms with Crippen molar-refractivity contribution in [3.05, 3.63) is 67.0 Å². The molecule has 2 aliphatic heterocycles. The molecule has 0 amide bonds. The summed E-state index contributed by atoms with van der Waals surface area (Å²) in [7, 11) is 0. The molecule has 0 radical (unpaired) electrons. The Morgan fingerprint density at radius 3 is 2.59 bits per heavy atom. The third-order valence-electron chi connectivity index (χ3n) is 8.68. The van der Waals surface area contributed by atoms with Gasteiger partial charge in [-0.15, -0.1) is 0 Å². The molecule has 2 fully saturated rings. The molecule has 46 heavy (non-hydrogen) atoms. The highest BCUT2D eigenvalue weighted by Crippen LogP contribution is 2.33. The molecule has 1 aromatic carbocycles. The van der Waals surface area contributed by atoms with E-state index in [-0.39, 0.29) is 11.9 Å². The van der Waals surface area contributed by atoms with Crippen LogP contribution in [0.1, 0.15) is 25.7 Å². The van der Waals surface area contributed by atoms with Crippen molar-refractivity contribution in [1.29, 1.82) is 0 Å². The number of pyridine rings is 3. The number of rotatable bonds is 9. The largest absolute Gasteiger partial charge is 0.492 e. The van der Waals surface area contributed by atoms with Gasteiger partial charge in [-0.3, -0.25) is 20.0 Å². The lowest BCUT2D eigenvalue weighted by Crippen LogP contribution is -2.34. The fraction of sp³-hybridized carbons (Fsp3) is 0.324. The van der Waals surface area contributed by atoms with Crippen LogP contribution >= 0.6 is 0 Å². The van der Waals surface area contributed by atoms with Gasteiger partial charge in [-0.25, -0.2) is 14.4 Å². The molecule has 234 valence electrons. The number of H-pyrrole nitrogens is 2. The van der Waals surface area contributed by atoms with E-state index in [9.17, 15) is 4.39 Å². The first-order chi connectivity index (χ1) is 22.7. The number of nitrogens with zero attached hydrogens (tertiary/aromatic N) is 6. The second-order valence-electron chi connectivity index (χ2n) is 11.9. The summed E-state index contributed by atoms with van der Waals surface area (Å²) in [5.41, 5.74) is 6.27. The van der Waals surface area contributed by atoms with Crippen LogP contribution in [0.2, 0.25) is 0 Å². The summed E-state index contributed by atoms with van der Waals surface area (Å²) in [6.07, 6.45) is 11.5. The average Bonchev–Trinajstić information content (AvgIpc) is 3.85. The first-order valence-corrected chi connectivity index (χ1v) is 15.8. The highest BCUT2D eigenvalue weighted by Gasteiger charge is 2.19. The predicted octanol–water partition coefficient (Wildman–Crippen LogP) is 5.37. The molecule has 0 bridgehead atoms. The molecule has 0 spiro atoms. The van der Waals surface area contributed by atoms with Crippen molar-refractivity contribution in [2.45, 2.75) is 31.8 Å². The van der Waals surface area contributed by atoms with Gasteiger partial charge in [0.1, 0.15) is 35.5 Å². The van der Waals surface area contributed by atoms with E-state index in [1.54, 1.807) is 24.8 Å². The molecule has 5 aromatic heterocycles. The van der Waals surface area contributed by atoms with E-state index in [0.717, 1.165) is 68.1 Å². The molecule has 0 unspecified atom stereocenters. The molecular formula is C34H34FN9O2. The van der Waals surface area contributed by atoms with E-state index in [4.69, 9.17) is 19.4 Å². The Kier molecular flexibility index (Phi) is 7.72. The number of piperidine rings is 1. The summed E-state index contributed by atoms with van der Waals surface area (Å²) in [6.45, 7) is 5.42. The maximum absolute atomic E-state index is 14.8. The number of fused-ring (bicyclic) bond motifs is 2. The molecule has 3 N–H and O–H groups in total. The Hall–Kier alpha value is -4.94. The lowest BCUT2D eigenvalue weighted by atomic mass is 10.1. The van der Waals surface area contributed by atoms with E-state index in [1.165, 1.54) is 25.0 Å². The van der Waals surface area contributed by atoms with Crippen LogP contribution in [0.3, 0.4) is 0 Å². The lowest BCUT2D eigenvalue weighted by Gasteiger charge is -2.23.